The number of aliphatic hydroxyl groups is 1. The molecule has 10 heteroatoms. The molecule has 4 nitrogen and oxygen atoms in total. The number of halogens is 5. The van der Waals surface area contributed by atoms with Gasteiger partial charge in [0.1, 0.15) is 0 Å². The van der Waals surface area contributed by atoms with E-state index in [1.54, 1.807) is 6.92 Å². The molecule has 0 amide bonds. The Morgan fingerprint density at radius 1 is 1.23 bits per heavy atom. The van der Waals surface area contributed by atoms with Crippen LogP contribution in [-0.4, -0.2) is 33.0 Å². The van der Waals surface area contributed by atoms with Crippen molar-refractivity contribution in [3.8, 4) is 0 Å². The summed E-state index contributed by atoms with van der Waals surface area (Å²) in [7, 11) is -3.62. The van der Waals surface area contributed by atoms with E-state index in [1.165, 1.54) is 0 Å². The number of hydrogen-bond donors (Lipinski definition) is 1. The van der Waals surface area contributed by atoms with Crippen LogP contribution in [0.25, 0.3) is 0 Å². The quantitative estimate of drug-likeness (QED) is 0.809. The molecule has 0 unspecified atom stereocenters. The molecule has 1 N–H and O–H groups in total. The van der Waals surface area contributed by atoms with E-state index in [4.69, 9.17) is 28.3 Å². The first kappa shape index (κ1) is 21.5. The fraction of sp³-hybridized carbons (Fsp3) is 0.500. The predicted molar refractivity (Wildman–Crippen MR) is 78.7 cm³/mol. The maximum atomic E-state index is 12.5. The zero-order chi connectivity index (χ0) is 17.6. The second-order valence-electron chi connectivity index (χ2n) is 4.01. The molecule has 1 aromatic carbocycles. The first-order chi connectivity index (χ1) is 9.92. The highest BCUT2D eigenvalue weighted by Crippen LogP contribution is 2.35. The summed E-state index contributed by atoms with van der Waals surface area (Å²) in [4.78, 5) is 0. The zero-order valence-electron chi connectivity index (χ0n) is 11.7. The van der Waals surface area contributed by atoms with Crippen LogP contribution < -0.4 is 0 Å². The van der Waals surface area contributed by atoms with Crippen molar-refractivity contribution in [3.63, 3.8) is 0 Å². The minimum absolute atomic E-state index is 0.0110. The van der Waals surface area contributed by atoms with Crippen molar-refractivity contribution < 1.29 is 30.9 Å². The third-order valence-corrected chi connectivity index (χ3v) is 3.39. The topological polar surface area (TPSA) is 63.6 Å². The largest absolute Gasteiger partial charge is 0.416 e. The third-order valence-electron chi connectivity index (χ3n) is 2.12. The van der Waals surface area contributed by atoms with Crippen LogP contribution in [0, 0.1) is 0 Å². The van der Waals surface area contributed by atoms with Crippen molar-refractivity contribution in [2.24, 2.45) is 0 Å². The number of rotatable bonds is 4. The maximum Gasteiger partial charge on any atom is 0.416 e. The maximum absolute atomic E-state index is 12.5. The van der Waals surface area contributed by atoms with Crippen LogP contribution in [0.15, 0.2) is 12.1 Å². The molecule has 0 fully saturated rings. The van der Waals surface area contributed by atoms with Crippen LogP contribution in [0.2, 0.25) is 10.0 Å². The molecule has 0 atom stereocenters. The molecule has 0 bridgehead atoms. The van der Waals surface area contributed by atoms with Crippen molar-refractivity contribution in [2.45, 2.75) is 19.5 Å². The summed E-state index contributed by atoms with van der Waals surface area (Å²) in [6, 6.07) is 1.48. The molecule has 0 heterocycles. The number of aliphatic hydroxyl groups excluding tert-OH is 1. The van der Waals surface area contributed by atoms with Crippen LogP contribution >= 0.6 is 23.2 Å². The Hall–Kier alpha value is -0.540. The Kier molecular flexibility index (Phi) is 8.71. The Balaban J connectivity index is 0.00000135. The van der Waals surface area contributed by atoms with Crippen LogP contribution in [0.5, 0.6) is 0 Å². The van der Waals surface area contributed by atoms with E-state index in [-0.39, 0.29) is 35.2 Å². The van der Waals surface area contributed by atoms with Gasteiger partial charge >= 0.3 is 6.18 Å². The molecular formula is C12H15Cl2F3O4S. The SMILES string of the molecule is CCO.CS(=O)(=O)OCCc1c(Cl)cc(C(F)(F)F)cc1Cl. The van der Waals surface area contributed by atoms with E-state index >= 15 is 0 Å². The average molecular weight is 383 g/mol. The first-order valence-electron chi connectivity index (χ1n) is 5.92. The Labute approximate surface area is 136 Å². The lowest BCUT2D eigenvalue weighted by Crippen LogP contribution is -2.09. The van der Waals surface area contributed by atoms with Gasteiger partial charge in [0.15, 0.2) is 0 Å². The van der Waals surface area contributed by atoms with Gasteiger partial charge in [-0.05, 0) is 24.6 Å². The molecule has 0 aliphatic rings. The van der Waals surface area contributed by atoms with Crippen LogP contribution in [0.4, 0.5) is 13.2 Å². The lowest BCUT2D eigenvalue weighted by atomic mass is 10.1. The average Bonchev–Trinajstić information content (AvgIpc) is 2.30. The summed E-state index contributed by atoms with van der Waals surface area (Å²) in [5, 5.41) is 7.20. The molecule has 0 aromatic heterocycles. The summed E-state index contributed by atoms with van der Waals surface area (Å²) < 4.78 is 63.4. The zero-order valence-corrected chi connectivity index (χ0v) is 14.1. The van der Waals surface area contributed by atoms with Gasteiger partial charge in [-0.2, -0.15) is 21.6 Å². The van der Waals surface area contributed by atoms with Gasteiger partial charge in [-0.1, -0.05) is 23.2 Å². The van der Waals surface area contributed by atoms with Crippen LogP contribution in [0.1, 0.15) is 18.1 Å². The molecule has 128 valence electrons. The van der Waals surface area contributed by atoms with Gasteiger partial charge < -0.3 is 5.11 Å². The van der Waals surface area contributed by atoms with Gasteiger partial charge in [0.05, 0.1) is 18.4 Å². The number of hydrogen-bond acceptors (Lipinski definition) is 4. The monoisotopic (exact) mass is 382 g/mol. The predicted octanol–water partition coefficient (Wildman–Crippen LogP) is 3.53. The summed E-state index contributed by atoms with van der Waals surface area (Å²) in [6.45, 7) is 1.68. The van der Waals surface area contributed by atoms with Crippen molar-refractivity contribution in [1.82, 2.24) is 0 Å². The fourth-order valence-electron chi connectivity index (χ4n) is 1.30. The van der Waals surface area contributed by atoms with Gasteiger partial charge in [-0.25, -0.2) is 0 Å². The van der Waals surface area contributed by atoms with Gasteiger partial charge in [-0.15, -0.1) is 0 Å². The van der Waals surface area contributed by atoms with E-state index < -0.39 is 21.9 Å². The van der Waals surface area contributed by atoms with Crippen molar-refractivity contribution in [1.29, 1.82) is 0 Å². The van der Waals surface area contributed by atoms with Gasteiger partial charge in [0.25, 0.3) is 10.1 Å². The Bertz CT molecular complexity index is 566. The van der Waals surface area contributed by atoms with Crippen LogP contribution in [-0.2, 0) is 26.9 Å². The molecule has 0 saturated heterocycles. The van der Waals surface area contributed by atoms with Crippen LogP contribution in [0.3, 0.4) is 0 Å². The van der Waals surface area contributed by atoms with E-state index in [9.17, 15) is 21.6 Å². The highest BCUT2D eigenvalue weighted by Gasteiger charge is 2.31. The van der Waals surface area contributed by atoms with E-state index in [0.29, 0.717) is 0 Å². The highest BCUT2D eigenvalue weighted by molar-refractivity contribution is 7.85. The van der Waals surface area contributed by atoms with Crippen molar-refractivity contribution in [2.75, 3.05) is 19.5 Å². The van der Waals surface area contributed by atoms with Crippen molar-refractivity contribution >= 4 is 33.3 Å². The standard InChI is InChI=1S/C10H9Cl2F3O3S.C2H6O/c1-19(16,17)18-3-2-7-8(11)4-6(5-9(7)12)10(13,14)15;1-2-3/h4-5H,2-3H2,1H3;3H,2H2,1H3. The third kappa shape index (κ3) is 8.19. The minimum atomic E-state index is -4.55. The summed E-state index contributed by atoms with van der Waals surface area (Å²) in [5.41, 5.74) is -0.754. The lowest BCUT2D eigenvalue weighted by Gasteiger charge is -2.12. The molecule has 0 aliphatic carbocycles. The van der Waals surface area contributed by atoms with Gasteiger partial charge in [-0.3, -0.25) is 4.18 Å². The summed E-state index contributed by atoms with van der Waals surface area (Å²) >= 11 is 11.4. The van der Waals surface area contributed by atoms with Crippen molar-refractivity contribution in [3.05, 3.63) is 33.3 Å². The molecule has 0 saturated carbocycles. The molecule has 22 heavy (non-hydrogen) atoms. The highest BCUT2D eigenvalue weighted by atomic mass is 35.5. The Morgan fingerprint density at radius 3 is 1.95 bits per heavy atom. The normalized spacial score (nSPS) is 11.8. The summed E-state index contributed by atoms with van der Waals surface area (Å²) in [5.74, 6) is 0. The summed E-state index contributed by atoms with van der Waals surface area (Å²) in [6.07, 6.45) is -3.69. The van der Waals surface area contributed by atoms with Gasteiger partial charge in [0, 0.05) is 23.1 Å². The smallest absolute Gasteiger partial charge is 0.397 e. The molecule has 1 aromatic rings. The number of alkyl halides is 3. The molecule has 0 radical (unpaired) electrons. The molecule has 0 aliphatic heterocycles. The molecule has 1 rings (SSSR count). The second kappa shape index (κ2) is 8.93. The number of benzene rings is 1. The molecule has 0 spiro atoms. The Morgan fingerprint density at radius 2 is 1.64 bits per heavy atom. The molecular weight excluding hydrogens is 368 g/mol. The second-order valence-corrected chi connectivity index (χ2v) is 6.47. The lowest BCUT2D eigenvalue weighted by molar-refractivity contribution is -0.137. The van der Waals surface area contributed by atoms with E-state index in [2.05, 4.69) is 4.18 Å². The van der Waals surface area contributed by atoms with E-state index in [1.807, 2.05) is 0 Å². The van der Waals surface area contributed by atoms with Gasteiger partial charge in [0.2, 0.25) is 0 Å². The fourth-order valence-corrected chi connectivity index (χ4v) is 2.36. The first-order valence-corrected chi connectivity index (χ1v) is 8.50. The van der Waals surface area contributed by atoms with E-state index in [0.717, 1.165) is 18.4 Å². The minimum Gasteiger partial charge on any atom is -0.397 e.